The second kappa shape index (κ2) is 11.2. The molecule has 1 atom stereocenters. The molecule has 1 unspecified atom stereocenters. The first-order valence-electron chi connectivity index (χ1n) is 11.8. The standard InChI is InChI=1S/C26H32N4O3/c1-2-3-9-14-30-26(32)23-13-8-7-12-22(23)24(28-30)25(31)27-17-21-19-29(15-16-33-21)18-20-10-5-4-6-11-20/h4-8,10-13,21H,2-3,9,14-19H2,1H3,(H,27,31). The molecule has 1 aliphatic rings. The van der Waals surface area contributed by atoms with Crippen LogP contribution >= 0.6 is 0 Å². The summed E-state index contributed by atoms with van der Waals surface area (Å²) in [5.41, 5.74) is 1.41. The molecule has 1 aliphatic heterocycles. The molecule has 3 aromatic rings. The molecule has 0 bridgehead atoms. The Bertz CT molecular complexity index is 1130. The lowest BCUT2D eigenvalue weighted by atomic mass is 10.1. The molecule has 1 aromatic heterocycles. The Morgan fingerprint density at radius 3 is 2.64 bits per heavy atom. The second-order valence-electron chi connectivity index (χ2n) is 8.55. The van der Waals surface area contributed by atoms with Crippen molar-refractivity contribution in [2.75, 3.05) is 26.2 Å². The van der Waals surface area contributed by atoms with E-state index < -0.39 is 0 Å². The third-order valence-electron chi connectivity index (χ3n) is 6.02. The van der Waals surface area contributed by atoms with Crippen LogP contribution in [0.25, 0.3) is 10.8 Å². The van der Waals surface area contributed by atoms with Gasteiger partial charge in [-0.05, 0) is 18.1 Å². The summed E-state index contributed by atoms with van der Waals surface area (Å²) >= 11 is 0. The Labute approximate surface area is 194 Å². The molecule has 0 aliphatic carbocycles. The van der Waals surface area contributed by atoms with Gasteiger partial charge in [0.1, 0.15) is 0 Å². The largest absolute Gasteiger partial charge is 0.374 e. The van der Waals surface area contributed by atoms with Crippen LogP contribution in [0.1, 0.15) is 42.2 Å². The third kappa shape index (κ3) is 5.86. The number of nitrogens with one attached hydrogen (secondary N) is 1. The molecule has 4 rings (SSSR count). The lowest BCUT2D eigenvalue weighted by Crippen LogP contribution is -2.47. The molecule has 7 nitrogen and oxygen atoms in total. The molecule has 7 heteroatoms. The van der Waals surface area contributed by atoms with E-state index in [0.29, 0.717) is 36.2 Å². The van der Waals surface area contributed by atoms with Gasteiger partial charge in [-0.1, -0.05) is 68.3 Å². The maximum Gasteiger partial charge on any atom is 0.274 e. The van der Waals surface area contributed by atoms with Crippen molar-refractivity contribution in [1.82, 2.24) is 20.0 Å². The number of hydrogen-bond acceptors (Lipinski definition) is 5. The molecule has 0 saturated carbocycles. The monoisotopic (exact) mass is 448 g/mol. The minimum atomic E-state index is -0.278. The molecule has 1 saturated heterocycles. The van der Waals surface area contributed by atoms with Gasteiger partial charge in [0, 0.05) is 38.1 Å². The van der Waals surface area contributed by atoms with E-state index in [1.807, 2.05) is 30.3 Å². The zero-order valence-electron chi connectivity index (χ0n) is 19.2. The van der Waals surface area contributed by atoms with Gasteiger partial charge in [-0.2, -0.15) is 5.10 Å². The average Bonchev–Trinajstić information content (AvgIpc) is 2.85. The second-order valence-corrected chi connectivity index (χ2v) is 8.55. The van der Waals surface area contributed by atoms with Crippen molar-refractivity contribution in [2.45, 2.75) is 45.4 Å². The molecular formula is C26H32N4O3. The van der Waals surface area contributed by atoms with Crippen molar-refractivity contribution in [2.24, 2.45) is 0 Å². The van der Waals surface area contributed by atoms with Gasteiger partial charge in [-0.15, -0.1) is 0 Å². The highest BCUT2D eigenvalue weighted by Crippen LogP contribution is 2.14. The Morgan fingerprint density at radius 1 is 1.09 bits per heavy atom. The minimum absolute atomic E-state index is 0.0897. The summed E-state index contributed by atoms with van der Waals surface area (Å²) in [5, 5.41) is 8.55. The van der Waals surface area contributed by atoms with E-state index in [0.717, 1.165) is 38.9 Å². The van der Waals surface area contributed by atoms with E-state index in [1.54, 1.807) is 12.1 Å². The van der Waals surface area contributed by atoms with Crippen LogP contribution in [0.3, 0.4) is 0 Å². The Hall–Kier alpha value is -3.03. The predicted octanol–water partition coefficient (Wildman–Crippen LogP) is 3.22. The van der Waals surface area contributed by atoms with Crippen molar-refractivity contribution in [3.63, 3.8) is 0 Å². The lowest BCUT2D eigenvalue weighted by Gasteiger charge is -2.33. The molecule has 2 aromatic carbocycles. The predicted molar refractivity (Wildman–Crippen MR) is 129 cm³/mol. The number of rotatable bonds is 9. The van der Waals surface area contributed by atoms with Crippen LogP contribution in [-0.4, -0.2) is 52.9 Å². The fraction of sp³-hybridized carbons (Fsp3) is 0.423. The number of ether oxygens (including phenoxy) is 1. The lowest BCUT2D eigenvalue weighted by molar-refractivity contribution is -0.0292. The quantitative estimate of drug-likeness (QED) is 0.509. The molecule has 33 heavy (non-hydrogen) atoms. The molecular weight excluding hydrogens is 416 g/mol. The highest BCUT2D eigenvalue weighted by molar-refractivity contribution is 6.04. The Balaban J connectivity index is 1.44. The minimum Gasteiger partial charge on any atom is -0.374 e. The molecule has 1 amide bonds. The van der Waals surface area contributed by atoms with Gasteiger partial charge in [0.2, 0.25) is 0 Å². The molecule has 0 radical (unpaired) electrons. The van der Waals surface area contributed by atoms with Gasteiger partial charge in [0.15, 0.2) is 5.69 Å². The van der Waals surface area contributed by atoms with Crippen molar-refractivity contribution >= 4 is 16.7 Å². The van der Waals surface area contributed by atoms with Gasteiger partial charge in [0.05, 0.1) is 18.1 Å². The summed E-state index contributed by atoms with van der Waals surface area (Å²) in [6, 6.07) is 17.6. The molecule has 174 valence electrons. The number of carbonyl (C=O) groups excluding carboxylic acids is 1. The number of fused-ring (bicyclic) bond motifs is 1. The first-order chi connectivity index (χ1) is 16.2. The third-order valence-corrected chi connectivity index (χ3v) is 6.02. The van der Waals surface area contributed by atoms with E-state index in [2.05, 4.69) is 34.4 Å². The molecule has 1 N–H and O–H groups in total. The fourth-order valence-electron chi connectivity index (χ4n) is 4.25. The zero-order chi connectivity index (χ0) is 23.0. The number of unbranched alkanes of at least 4 members (excludes halogenated alkanes) is 2. The van der Waals surface area contributed by atoms with Crippen LogP contribution in [0.2, 0.25) is 0 Å². The maximum atomic E-state index is 13.1. The van der Waals surface area contributed by atoms with Crippen molar-refractivity contribution in [3.05, 3.63) is 76.2 Å². The molecule has 2 heterocycles. The van der Waals surface area contributed by atoms with Gasteiger partial charge in [-0.25, -0.2) is 4.68 Å². The number of benzene rings is 2. The number of hydrogen-bond donors (Lipinski definition) is 1. The Morgan fingerprint density at radius 2 is 1.85 bits per heavy atom. The average molecular weight is 449 g/mol. The van der Waals surface area contributed by atoms with E-state index in [1.165, 1.54) is 10.2 Å². The maximum absolute atomic E-state index is 13.1. The van der Waals surface area contributed by atoms with Gasteiger partial charge >= 0.3 is 0 Å². The van der Waals surface area contributed by atoms with Crippen LogP contribution in [0.15, 0.2) is 59.4 Å². The zero-order valence-corrected chi connectivity index (χ0v) is 19.2. The topological polar surface area (TPSA) is 76.5 Å². The fourth-order valence-corrected chi connectivity index (χ4v) is 4.25. The summed E-state index contributed by atoms with van der Waals surface area (Å²) < 4.78 is 7.33. The van der Waals surface area contributed by atoms with E-state index in [4.69, 9.17) is 4.74 Å². The van der Waals surface area contributed by atoms with E-state index in [9.17, 15) is 9.59 Å². The summed E-state index contributed by atoms with van der Waals surface area (Å²) in [6.07, 6.45) is 2.84. The summed E-state index contributed by atoms with van der Waals surface area (Å²) in [6.45, 7) is 6.14. The van der Waals surface area contributed by atoms with Crippen molar-refractivity contribution < 1.29 is 9.53 Å². The summed E-state index contributed by atoms with van der Waals surface area (Å²) in [4.78, 5) is 28.3. The van der Waals surface area contributed by atoms with Crippen LogP contribution < -0.4 is 10.9 Å². The van der Waals surface area contributed by atoms with Gasteiger partial charge < -0.3 is 10.1 Å². The number of aryl methyl sites for hydroxylation is 1. The number of morpholine rings is 1. The van der Waals surface area contributed by atoms with Crippen molar-refractivity contribution in [1.29, 1.82) is 0 Å². The van der Waals surface area contributed by atoms with E-state index in [-0.39, 0.29) is 17.6 Å². The van der Waals surface area contributed by atoms with Crippen molar-refractivity contribution in [3.8, 4) is 0 Å². The highest BCUT2D eigenvalue weighted by Gasteiger charge is 2.23. The number of aromatic nitrogens is 2. The number of carbonyl (C=O) groups is 1. The molecule has 1 fully saturated rings. The van der Waals surface area contributed by atoms with Gasteiger partial charge in [0.25, 0.3) is 11.5 Å². The number of nitrogens with zero attached hydrogens (tertiary/aromatic N) is 3. The van der Waals surface area contributed by atoms with Crippen LogP contribution in [0.5, 0.6) is 0 Å². The first kappa shape index (κ1) is 23.1. The SMILES string of the molecule is CCCCCn1nc(C(=O)NCC2CN(Cc3ccccc3)CCO2)c2ccccc2c1=O. The molecule has 0 spiro atoms. The normalized spacial score (nSPS) is 16.7. The van der Waals surface area contributed by atoms with Gasteiger partial charge in [-0.3, -0.25) is 14.5 Å². The summed E-state index contributed by atoms with van der Waals surface area (Å²) in [5.74, 6) is -0.278. The van der Waals surface area contributed by atoms with Crippen LogP contribution in [-0.2, 0) is 17.8 Å². The Kier molecular flexibility index (Phi) is 7.86. The summed E-state index contributed by atoms with van der Waals surface area (Å²) in [7, 11) is 0. The van der Waals surface area contributed by atoms with E-state index >= 15 is 0 Å². The highest BCUT2D eigenvalue weighted by atomic mass is 16.5. The van der Waals surface area contributed by atoms with Crippen LogP contribution in [0.4, 0.5) is 0 Å². The first-order valence-corrected chi connectivity index (χ1v) is 11.8. The van der Waals surface area contributed by atoms with Crippen LogP contribution in [0, 0.1) is 0 Å². The number of amides is 1. The smallest absolute Gasteiger partial charge is 0.274 e.